The molecular formula is C61H67F5N8O8S2. The minimum Gasteiger partial charge on any atom is -0.493 e. The van der Waals surface area contributed by atoms with Crippen LogP contribution in [0.3, 0.4) is 0 Å². The highest BCUT2D eigenvalue weighted by molar-refractivity contribution is 7.99. The highest BCUT2D eigenvalue weighted by atomic mass is 32.3. The van der Waals surface area contributed by atoms with Gasteiger partial charge in [-0.3, -0.25) is 13.6 Å². The number of alkyl halides is 3. The third-order valence-corrected chi connectivity index (χ3v) is 17.2. The van der Waals surface area contributed by atoms with E-state index in [0.717, 1.165) is 117 Å². The summed E-state index contributed by atoms with van der Waals surface area (Å²) in [5.41, 5.74) is 11.6. The molecular weight excluding hydrogens is 1130 g/mol. The van der Waals surface area contributed by atoms with Crippen LogP contribution in [0.2, 0.25) is 0 Å². The molecule has 0 N–H and O–H groups in total. The third-order valence-electron chi connectivity index (χ3n) is 14.1. The van der Waals surface area contributed by atoms with Crippen molar-refractivity contribution in [3.63, 3.8) is 0 Å². The number of hydrogen-bond acceptors (Lipinski definition) is 14. The van der Waals surface area contributed by atoms with Crippen molar-refractivity contribution in [3.8, 4) is 11.5 Å². The molecule has 84 heavy (non-hydrogen) atoms. The van der Waals surface area contributed by atoms with E-state index in [1.54, 1.807) is 69.8 Å². The number of carbonyl (C=O) groups is 1. The zero-order valence-corrected chi connectivity index (χ0v) is 47.7. The number of hydrogen-bond donors (Lipinski definition) is 0. The van der Waals surface area contributed by atoms with Gasteiger partial charge in [-0.25, -0.2) is 18.7 Å². The molecule has 0 unspecified atom stereocenters. The number of fused-ring (bicyclic) bond motifs is 4. The van der Waals surface area contributed by atoms with Gasteiger partial charge in [0, 0.05) is 61.7 Å². The normalized spacial score (nSPS) is 14.5. The van der Waals surface area contributed by atoms with E-state index in [0.29, 0.717) is 45.8 Å². The van der Waals surface area contributed by atoms with E-state index in [2.05, 4.69) is 46.1 Å². The molecule has 23 heteroatoms. The van der Waals surface area contributed by atoms with Crippen molar-refractivity contribution in [2.75, 3.05) is 13.2 Å². The minimum atomic E-state index is -4.64. The number of benzene rings is 4. The van der Waals surface area contributed by atoms with Crippen molar-refractivity contribution in [3.05, 3.63) is 178 Å². The Balaban J connectivity index is 0.000000171. The van der Waals surface area contributed by atoms with Crippen LogP contribution >= 0.6 is 0 Å². The van der Waals surface area contributed by atoms with Gasteiger partial charge in [-0.2, -0.15) is 30.0 Å². The van der Waals surface area contributed by atoms with Gasteiger partial charge in [-0.15, -0.1) is 24.0 Å². The van der Waals surface area contributed by atoms with Gasteiger partial charge < -0.3 is 9.47 Å². The first kappa shape index (κ1) is 62.3. The summed E-state index contributed by atoms with van der Waals surface area (Å²) in [6, 6.07) is 17.9. The van der Waals surface area contributed by atoms with Crippen LogP contribution in [0.4, 0.5) is 22.0 Å². The van der Waals surface area contributed by atoms with Crippen molar-refractivity contribution in [1.29, 1.82) is 0 Å². The number of aromatic nitrogens is 8. The van der Waals surface area contributed by atoms with Gasteiger partial charge in [0.15, 0.2) is 11.3 Å². The van der Waals surface area contributed by atoms with Crippen molar-refractivity contribution in [2.24, 2.45) is 0 Å². The first-order chi connectivity index (χ1) is 40.3. The Kier molecular flexibility index (Phi) is 21.3. The summed E-state index contributed by atoms with van der Waals surface area (Å²) >= 11 is 0. The molecule has 0 amide bonds. The Morgan fingerprint density at radius 1 is 0.619 bits per heavy atom. The maximum atomic E-state index is 14.4. The zero-order chi connectivity index (χ0) is 60.0. The number of rotatable bonds is 12. The first-order valence-electron chi connectivity index (χ1n) is 27.8. The Labute approximate surface area is 487 Å². The quantitative estimate of drug-likeness (QED) is 0.0826. The fourth-order valence-corrected chi connectivity index (χ4v) is 12.5. The molecule has 446 valence electrons. The van der Waals surface area contributed by atoms with Crippen LogP contribution in [0, 0.1) is 25.5 Å². The molecule has 4 aromatic heterocycles. The van der Waals surface area contributed by atoms with Crippen LogP contribution in [0.1, 0.15) is 130 Å². The van der Waals surface area contributed by atoms with E-state index in [1.807, 2.05) is 21.2 Å². The van der Waals surface area contributed by atoms with E-state index >= 15 is 0 Å². The van der Waals surface area contributed by atoms with E-state index in [9.17, 15) is 38.8 Å². The average molecular weight is 1200 g/mol. The maximum absolute atomic E-state index is 14.4. The van der Waals surface area contributed by atoms with E-state index in [-0.39, 0.29) is 28.9 Å². The maximum Gasteiger partial charge on any atom is 0.446 e. The molecule has 0 spiro atoms. The van der Waals surface area contributed by atoms with Gasteiger partial charge in [0.2, 0.25) is 6.29 Å². The van der Waals surface area contributed by atoms with Crippen molar-refractivity contribution < 1.29 is 58.1 Å². The predicted octanol–water partition coefficient (Wildman–Crippen LogP) is 12.7. The van der Waals surface area contributed by atoms with Crippen molar-refractivity contribution in [2.45, 2.75) is 141 Å². The van der Waals surface area contributed by atoms with Crippen LogP contribution in [0.25, 0.3) is 22.4 Å². The lowest BCUT2D eigenvalue weighted by atomic mass is 9.95. The average Bonchev–Trinajstić information content (AvgIpc) is 4.57. The van der Waals surface area contributed by atoms with Crippen LogP contribution < -0.4 is 9.47 Å². The summed E-state index contributed by atoms with van der Waals surface area (Å²) in [5.74, 6) is 3.00. The number of ether oxygens (including phenoxy) is 2. The number of aldehydes is 1. The Bertz CT molecular complexity index is 3650. The molecule has 8 aromatic rings. The van der Waals surface area contributed by atoms with Crippen LogP contribution in [0.5, 0.6) is 11.5 Å². The van der Waals surface area contributed by atoms with Crippen LogP contribution in [-0.2, 0) is 67.2 Å². The summed E-state index contributed by atoms with van der Waals surface area (Å²) in [7, 11) is -8.76. The number of nitrogens with zero attached hydrogens (tertiary/aromatic N) is 8. The number of aryl methyl sites for hydroxylation is 4. The van der Waals surface area contributed by atoms with Gasteiger partial charge >= 0.3 is 26.4 Å². The highest BCUT2D eigenvalue weighted by Crippen LogP contribution is 2.34. The fraction of sp³-hybridized carbons (Fsp3) is 0.361. The molecule has 0 saturated carbocycles. The second-order valence-electron chi connectivity index (χ2n) is 19.6. The van der Waals surface area contributed by atoms with Crippen molar-refractivity contribution in [1.82, 2.24) is 39.2 Å². The molecule has 12 rings (SSSR count). The SMILES string of the molecule is C.Cc1ccc(S(=O)(=O)OS(=O)(=O)c2ccc(C)cc2)cc1.Fc1ccc2c(c1CCc1ncc(C3=CCCCC3)c3nncn13)CCO2.Fc1ccc2c(c1CCc1ncc(C3=CCCCC3)c3nncn13)CCO2.O=CC(F)(F)F.[2H]CC. The molecule has 16 nitrogen and oxygen atoms in total. The molecule has 0 radical (unpaired) electrons. The topological polar surface area (TPSA) is 199 Å². The van der Waals surface area contributed by atoms with Gasteiger partial charge in [-0.05, 0) is 149 Å². The number of allylic oxidation sites excluding steroid dienone is 4. The summed E-state index contributed by atoms with van der Waals surface area (Å²) in [4.78, 5) is 17.7. The van der Waals surface area contributed by atoms with E-state index < -0.39 is 32.7 Å². The highest BCUT2D eigenvalue weighted by Gasteiger charge is 2.28. The van der Waals surface area contributed by atoms with Gasteiger partial charge in [0.1, 0.15) is 47.4 Å². The van der Waals surface area contributed by atoms with Crippen LogP contribution in [0.15, 0.2) is 120 Å². The lowest BCUT2D eigenvalue weighted by molar-refractivity contribution is -0.156. The number of carbonyl (C=O) groups excluding carboxylic acids is 1. The van der Waals surface area contributed by atoms with E-state index in [4.69, 9.17) is 15.6 Å². The monoisotopic (exact) mass is 1200 g/mol. The molecule has 2 aliphatic heterocycles. The molecule has 0 fully saturated rings. The molecule has 0 atom stereocenters. The van der Waals surface area contributed by atoms with Gasteiger partial charge in [0.05, 0.1) is 23.0 Å². The molecule has 6 heterocycles. The lowest BCUT2D eigenvalue weighted by Gasteiger charge is -2.14. The van der Waals surface area contributed by atoms with E-state index in [1.165, 1.54) is 73.2 Å². The van der Waals surface area contributed by atoms with Crippen molar-refractivity contribution >= 4 is 49.0 Å². The van der Waals surface area contributed by atoms with Gasteiger partial charge in [0.25, 0.3) is 0 Å². The zero-order valence-electron chi connectivity index (χ0n) is 47.0. The number of halogens is 5. The summed E-state index contributed by atoms with van der Waals surface area (Å²) < 4.78 is 134. The fourth-order valence-electron chi connectivity index (χ4n) is 9.97. The molecule has 2 aliphatic carbocycles. The first-order valence-corrected chi connectivity index (χ1v) is 29.9. The second kappa shape index (κ2) is 28.7. The molecule has 0 bridgehead atoms. The summed E-state index contributed by atoms with van der Waals surface area (Å²) in [6.45, 7) is 7.13. The second-order valence-corrected chi connectivity index (χ2v) is 22.9. The van der Waals surface area contributed by atoms with Gasteiger partial charge in [-0.1, -0.05) is 68.8 Å². The largest absolute Gasteiger partial charge is 0.493 e. The Morgan fingerprint density at radius 3 is 1.37 bits per heavy atom. The molecule has 0 saturated heterocycles. The Hall–Kier alpha value is -7.76. The summed E-state index contributed by atoms with van der Waals surface area (Å²) in [5, 5.41) is 16.8. The third kappa shape index (κ3) is 15.7. The smallest absolute Gasteiger partial charge is 0.446 e. The predicted molar refractivity (Wildman–Crippen MR) is 308 cm³/mol. The molecule has 4 aliphatic rings. The van der Waals surface area contributed by atoms with Crippen LogP contribution in [-0.4, -0.2) is 81.7 Å². The lowest BCUT2D eigenvalue weighted by Crippen LogP contribution is -2.14. The minimum absolute atomic E-state index is 0. The summed E-state index contributed by atoms with van der Waals surface area (Å²) in [6.07, 6.45) is 19.3. The molecule has 4 aromatic carbocycles. The Morgan fingerprint density at radius 2 is 1.01 bits per heavy atom. The standard InChI is InChI=1S/2C21H21FN4O.C14H14O5S2.C2HF3O.C2H6.CH4/c2*22-18-7-8-19-16(10-11-27-19)15(18)6-9-20-23-12-17(14-4-2-1-3-5-14)21-25-24-13-26(20)21;1-11-3-7-13(8-4-11)20(15,16)19-21(17,18)14-9-5-12(2)6-10-14;3-2(4,5)1-6;1-2;/h2*4,7-8,12-13H,1-3,5-6,9-11H2;3-10H,1-2H3;1H;1-2H3;1H4/i;;;;1D;.